The first-order valence-electron chi connectivity index (χ1n) is 5.82. The number of carbonyl (C=O) groups excluding carboxylic acids is 1. The van der Waals surface area contributed by atoms with Crippen molar-refractivity contribution in [3.05, 3.63) is 0 Å². The predicted molar refractivity (Wildman–Crippen MR) is 74.1 cm³/mol. The van der Waals surface area contributed by atoms with Crippen molar-refractivity contribution in [2.45, 2.75) is 30.7 Å². The molecule has 1 aliphatic heterocycles. The van der Waals surface area contributed by atoms with Crippen molar-refractivity contribution in [2.24, 2.45) is 5.41 Å². The minimum atomic E-state index is -1.57. The highest BCUT2D eigenvalue weighted by molar-refractivity contribution is 6.68. The number of hydrogen-bond donors (Lipinski definition) is 1. The summed E-state index contributed by atoms with van der Waals surface area (Å²) < 4.78 is 3.68. The number of amides is 1. The molecule has 0 radical (unpaired) electrons. The van der Waals surface area contributed by atoms with E-state index in [-0.39, 0.29) is 5.91 Å². The van der Waals surface area contributed by atoms with Gasteiger partial charge in [0.15, 0.2) is 0 Å². The maximum Gasteiger partial charge on any atom is 0.226 e. The van der Waals surface area contributed by atoms with Gasteiger partial charge in [0.25, 0.3) is 0 Å². The highest BCUT2D eigenvalue weighted by Gasteiger charge is 2.40. The minimum absolute atomic E-state index is 0.148. The van der Waals surface area contributed by atoms with Crippen LogP contribution in [-0.4, -0.2) is 47.1 Å². The van der Waals surface area contributed by atoms with Crippen molar-refractivity contribution >= 4 is 40.7 Å². The highest BCUT2D eigenvalue weighted by Crippen LogP contribution is 2.33. The average Bonchev–Trinajstić information content (AvgIpc) is 2.23. The van der Waals surface area contributed by atoms with Crippen molar-refractivity contribution in [2.75, 3.05) is 26.3 Å². The summed E-state index contributed by atoms with van der Waals surface area (Å²) in [6.07, 6.45) is -0.641. The first kappa shape index (κ1) is 16.3. The molecule has 0 aromatic carbocycles. The molecule has 4 nitrogen and oxygen atoms in total. The summed E-state index contributed by atoms with van der Waals surface area (Å²) in [4.78, 5) is 13.9. The van der Waals surface area contributed by atoms with Crippen LogP contribution in [0, 0.1) is 5.41 Å². The number of alkyl halides is 3. The van der Waals surface area contributed by atoms with Crippen LogP contribution >= 0.6 is 34.8 Å². The summed E-state index contributed by atoms with van der Waals surface area (Å²) in [7, 11) is 0. The van der Waals surface area contributed by atoms with Gasteiger partial charge in [0.2, 0.25) is 9.70 Å². The summed E-state index contributed by atoms with van der Waals surface area (Å²) in [5.74, 6) is -0.148. The molecule has 1 fully saturated rings. The van der Waals surface area contributed by atoms with Crippen LogP contribution in [0.1, 0.15) is 20.8 Å². The molecule has 106 valence electrons. The fourth-order valence-electron chi connectivity index (χ4n) is 1.56. The second-order valence-electron chi connectivity index (χ2n) is 5.32. The minimum Gasteiger partial charge on any atom is -0.379 e. The monoisotopic (exact) mass is 316 g/mol. The van der Waals surface area contributed by atoms with Crippen molar-refractivity contribution in [3.63, 3.8) is 0 Å². The summed E-state index contributed by atoms with van der Waals surface area (Å²) in [5.41, 5.74) is -0.527. The Labute approximate surface area is 123 Å². The topological polar surface area (TPSA) is 41.6 Å². The third kappa shape index (κ3) is 4.74. The smallest absolute Gasteiger partial charge is 0.226 e. The number of nitrogens with one attached hydrogen (secondary N) is 1. The normalized spacial score (nSPS) is 20.6. The summed E-state index contributed by atoms with van der Waals surface area (Å²) in [5, 5.41) is 2.80. The summed E-state index contributed by atoms with van der Waals surface area (Å²) >= 11 is 17.9. The number of carbonyl (C=O) groups is 1. The Morgan fingerprint density at radius 2 is 1.72 bits per heavy atom. The maximum absolute atomic E-state index is 12.0. The molecule has 0 aromatic heterocycles. The number of rotatable bonds is 2. The Morgan fingerprint density at radius 3 is 2.11 bits per heavy atom. The van der Waals surface area contributed by atoms with Gasteiger partial charge in [-0.3, -0.25) is 9.69 Å². The van der Waals surface area contributed by atoms with E-state index in [4.69, 9.17) is 39.5 Å². The Hall–Kier alpha value is 0.260. The quantitative estimate of drug-likeness (QED) is 0.794. The SMILES string of the molecule is CC(C)(C)C(=O)NC(N1CCOCC1)C(Cl)(Cl)Cl. The molecule has 0 spiro atoms. The van der Waals surface area contributed by atoms with E-state index < -0.39 is 15.4 Å². The maximum atomic E-state index is 12.0. The Balaban J connectivity index is 2.76. The van der Waals surface area contributed by atoms with Gasteiger partial charge in [-0.05, 0) is 0 Å². The highest BCUT2D eigenvalue weighted by atomic mass is 35.6. The van der Waals surface area contributed by atoms with E-state index in [9.17, 15) is 4.79 Å². The van der Waals surface area contributed by atoms with Crippen LogP contribution in [0.15, 0.2) is 0 Å². The molecule has 1 unspecified atom stereocenters. The Kier molecular flexibility index (Phi) is 5.57. The van der Waals surface area contributed by atoms with Gasteiger partial charge in [-0.25, -0.2) is 0 Å². The number of morpholine rings is 1. The molecule has 1 amide bonds. The number of hydrogen-bond acceptors (Lipinski definition) is 3. The Bertz CT molecular complexity index is 294. The fraction of sp³-hybridized carbons (Fsp3) is 0.909. The molecule has 0 aromatic rings. The first-order valence-corrected chi connectivity index (χ1v) is 6.95. The lowest BCUT2D eigenvalue weighted by atomic mass is 9.95. The van der Waals surface area contributed by atoms with Gasteiger partial charge in [0.05, 0.1) is 13.2 Å². The molecule has 1 heterocycles. The van der Waals surface area contributed by atoms with E-state index in [2.05, 4.69) is 5.32 Å². The predicted octanol–water partition coefficient (Wildman–Crippen LogP) is 2.18. The zero-order chi connectivity index (χ0) is 14.0. The lowest BCUT2D eigenvalue weighted by molar-refractivity contribution is -0.131. The van der Waals surface area contributed by atoms with Crippen LogP contribution in [0.3, 0.4) is 0 Å². The number of nitrogens with zero attached hydrogens (tertiary/aromatic N) is 1. The zero-order valence-corrected chi connectivity index (χ0v) is 13.1. The lowest BCUT2D eigenvalue weighted by Gasteiger charge is -2.39. The molecule has 1 rings (SSSR count). The molecular formula is C11H19Cl3N2O2. The van der Waals surface area contributed by atoms with Crippen LogP contribution in [0.4, 0.5) is 0 Å². The largest absolute Gasteiger partial charge is 0.379 e. The van der Waals surface area contributed by atoms with E-state index in [0.717, 1.165) is 0 Å². The van der Waals surface area contributed by atoms with Crippen molar-refractivity contribution in [3.8, 4) is 0 Å². The van der Waals surface area contributed by atoms with Crippen LogP contribution < -0.4 is 5.32 Å². The van der Waals surface area contributed by atoms with Gasteiger partial charge < -0.3 is 10.1 Å². The molecule has 18 heavy (non-hydrogen) atoms. The summed E-state index contributed by atoms with van der Waals surface area (Å²) in [6, 6.07) is 0. The fourth-order valence-corrected chi connectivity index (χ4v) is 2.13. The number of ether oxygens (including phenoxy) is 1. The third-order valence-electron chi connectivity index (χ3n) is 2.67. The van der Waals surface area contributed by atoms with Gasteiger partial charge in [-0.1, -0.05) is 55.6 Å². The second kappa shape index (κ2) is 6.14. The lowest BCUT2D eigenvalue weighted by Crippen LogP contribution is -2.59. The van der Waals surface area contributed by atoms with Crippen LogP contribution in [0.25, 0.3) is 0 Å². The van der Waals surface area contributed by atoms with E-state index in [1.165, 1.54) is 0 Å². The third-order valence-corrected chi connectivity index (χ3v) is 3.29. The van der Waals surface area contributed by atoms with Crippen molar-refractivity contribution in [1.29, 1.82) is 0 Å². The average molecular weight is 318 g/mol. The second-order valence-corrected chi connectivity index (χ2v) is 7.68. The molecule has 0 bridgehead atoms. The molecule has 1 atom stereocenters. The van der Waals surface area contributed by atoms with Crippen molar-refractivity contribution in [1.82, 2.24) is 10.2 Å². The van der Waals surface area contributed by atoms with E-state index in [0.29, 0.717) is 26.3 Å². The molecular weight excluding hydrogens is 298 g/mol. The van der Waals surface area contributed by atoms with Gasteiger partial charge >= 0.3 is 0 Å². The van der Waals surface area contributed by atoms with Crippen LogP contribution in [-0.2, 0) is 9.53 Å². The molecule has 0 saturated carbocycles. The van der Waals surface area contributed by atoms with E-state index >= 15 is 0 Å². The zero-order valence-electron chi connectivity index (χ0n) is 10.8. The Morgan fingerprint density at radius 1 is 1.22 bits per heavy atom. The molecule has 1 aliphatic rings. The summed E-state index contributed by atoms with van der Waals surface area (Å²) in [6.45, 7) is 7.85. The van der Waals surface area contributed by atoms with Crippen LogP contribution in [0.5, 0.6) is 0 Å². The van der Waals surface area contributed by atoms with Gasteiger partial charge in [0, 0.05) is 18.5 Å². The van der Waals surface area contributed by atoms with Gasteiger partial charge in [-0.15, -0.1) is 0 Å². The van der Waals surface area contributed by atoms with Gasteiger partial charge in [0.1, 0.15) is 6.17 Å². The number of halogens is 3. The molecule has 1 saturated heterocycles. The molecule has 1 N–H and O–H groups in total. The van der Waals surface area contributed by atoms with Gasteiger partial charge in [-0.2, -0.15) is 0 Å². The van der Waals surface area contributed by atoms with E-state index in [1.807, 2.05) is 25.7 Å². The van der Waals surface area contributed by atoms with E-state index in [1.54, 1.807) is 0 Å². The van der Waals surface area contributed by atoms with Crippen LogP contribution in [0.2, 0.25) is 0 Å². The standard InChI is InChI=1S/C11H19Cl3N2O2/c1-10(2,3)9(17)15-8(11(12,13)14)16-4-6-18-7-5-16/h8H,4-7H2,1-3H3,(H,15,17). The molecule has 0 aliphatic carbocycles. The first-order chi connectivity index (χ1) is 8.12. The molecule has 7 heteroatoms. The van der Waals surface area contributed by atoms with Crippen molar-refractivity contribution < 1.29 is 9.53 Å².